The molecule has 0 aliphatic rings. The number of anilines is 2. The minimum atomic E-state index is 0.0347. The average Bonchev–Trinajstić information content (AvgIpc) is 3.13. The maximum absolute atomic E-state index is 12.0. The van der Waals surface area contributed by atoms with Crippen molar-refractivity contribution in [3.8, 4) is 11.1 Å². The summed E-state index contributed by atoms with van der Waals surface area (Å²) in [5, 5.41) is 8.81. The number of nitrogens with one attached hydrogen (secondary N) is 2. The van der Waals surface area contributed by atoms with Gasteiger partial charge in [-0.3, -0.25) is 24.5 Å². The number of carbonyl (C=O) groups is 2. The van der Waals surface area contributed by atoms with Crippen molar-refractivity contribution < 1.29 is 9.59 Å². The Kier molecular flexibility index (Phi) is 11.2. The Morgan fingerprint density at radius 2 is 1.37 bits per heavy atom. The van der Waals surface area contributed by atoms with Crippen molar-refractivity contribution in [2.75, 3.05) is 40.1 Å². The lowest BCUT2D eigenvalue weighted by Gasteiger charge is -2.17. The second-order valence-corrected chi connectivity index (χ2v) is 13.7. The Labute approximate surface area is 305 Å². The minimum Gasteiger partial charge on any atom is -0.349 e. The summed E-state index contributed by atoms with van der Waals surface area (Å²) in [4.78, 5) is 46.2. The van der Waals surface area contributed by atoms with Gasteiger partial charge in [-0.15, -0.1) is 0 Å². The fourth-order valence-corrected chi connectivity index (χ4v) is 6.40. The standard InChI is InChI=1S/C42H46N8O2/c1-27-31(22-37-40-32(16-18-44-37)21-30(25-46-40)23-43-26-39(52)50(5)6)11-8-12-34(27)35-13-9-14-36(28(35)2)48-42-41-33(17-19-45-42)20-29(24-47-41)10-7-15-38(51)49(3)4/h8-9,11-14,16-21,24-25,43H,7,10,15,22-23,26H2,1-6H3,(H,45,48). The van der Waals surface area contributed by atoms with E-state index in [9.17, 15) is 9.59 Å². The summed E-state index contributed by atoms with van der Waals surface area (Å²) in [6.45, 7) is 5.15. The van der Waals surface area contributed by atoms with Crippen LogP contribution in [0.3, 0.4) is 0 Å². The molecule has 0 radical (unpaired) electrons. The second-order valence-electron chi connectivity index (χ2n) is 13.7. The summed E-state index contributed by atoms with van der Waals surface area (Å²) in [5.41, 5.74) is 11.5. The van der Waals surface area contributed by atoms with Crippen molar-refractivity contribution in [1.82, 2.24) is 35.1 Å². The van der Waals surface area contributed by atoms with Gasteiger partial charge >= 0.3 is 0 Å². The molecule has 2 aromatic carbocycles. The van der Waals surface area contributed by atoms with E-state index in [-0.39, 0.29) is 18.4 Å². The number of pyridine rings is 4. The Morgan fingerprint density at radius 1 is 0.712 bits per heavy atom. The lowest BCUT2D eigenvalue weighted by atomic mass is 9.91. The van der Waals surface area contributed by atoms with Gasteiger partial charge in [0.05, 0.1) is 17.8 Å². The van der Waals surface area contributed by atoms with Crippen LogP contribution in [0.2, 0.25) is 0 Å². The normalized spacial score (nSPS) is 11.2. The van der Waals surface area contributed by atoms with Crippen LogP contribution >= 0.6 is 0 Å². The Bertz CT molecular complexity index is 2090. The van der Waals surface area contributed by atoms with E-state index in [1.54, 1.807) is 44.2 Å². The summed E-state index contributed by atoms with van der Waals surface area (Å²) >= 11 is 0. The molecule has 52 heavy (non-hydrogen) atoms. The van der Waals surface area contributed by atoms with E-state index in [1.165, 1.54) is 11.1 Å². The van der Waals surface area contributed by atoms with Crippen molar-refractivity contribution in [1.29, 1.82) is 0 Å². The number of fused-ring (bicyclic) bond motifs is 2. The number of hydrogen-bond donors (Lipinski definition) is 2. The number of carbonyl (C=O) groups excluding carboxylic acids is 2. The zero-order chi connectivity index (χ0) is 36.8. The molecule has 0 bridgehead atoms. The first-order valence-electron chi connectivity index (χ1n) is 17.6. The largest absolute Gasteiger partial charge is 0.349 e. The zero-order valence-corrected chi connectivity index (χ0v) is 30.8. The first kappa shape index (κ1) is 36.1. The average molecular weight is 695 g/mol. The van der Waals surface area contributed by atoms with Crippen LogP contribution in [0, 0.1) is 13.8 Å². The second kappa shape index (κ2) is 16.1. The highest BCUT2D eigenvalue weighted by molar-refractivity contribution is 5.91. The highest BCUT2D eigenvalue weighted by atomic mass is 16.2. The number of hydrogen-bond acceptors (Lipinski definition) is 8. The number of benzene rings is 2. The van der Waals surface area contributed by atoms with E-state index >= 15 is 0 Å². The van der Waals surface area contributed by atoms with Gasteiger partial charge in [0.15, 0.2) is 5.82 Å². The smallest absolute Gasteiger partial charge is 0.236 e. The van der Waals surface area contributed by atoms with Crippen molar-refractivity contribution in [3.63, 3.8) is 0 Å². The molecule has 4 aromatic heterocycles. The summed E-state index contributed by atoms with van der Waals surface area (Å²) < 4.78 is 0. The van der Waals surface area contributed by atoms with Crippen LogP contribution in [0.4, 0.5) is 11.5 Å². The third-order valence-corrected chi connectivity index (χ3v) is 9.53. The van der Waals surface area contributed by atoms with Crippen LogP contribution in [0.25, 0.3) is 32.9 Å². The van der Waals surface area contributed by atoms with Crippen molar-refractivity contribution in [2.45, 2.75) is 46.1 Å². The monoisotopic (exact) mass is 694 g/mol. The number of nitrogens with zero attached hydrogens (tertiary/aromatic N) is 6. The molecular formula is C42H46N8O2. The number of likely N-dealkylation sites (N-methyl/N-ethyl adjacent to an activating group) is 1. The predicted molar refractivity (Wildman–Crippen MR) is 209 cm³/mol. The molecule has 2 N–H and O–H groups in total. The summed E-state index contributed by atoms with van der Waals surface area (Å²) in [6, 6.07) is 21.0. The van der Waals surface area contributed by atoms with Crippen molar-refractivity contribution in [2.24, 2.45) is 0 Å². The van der Waals surface area contributed by atoms with E-state index < -0.39 is 0 Å². The van der Waals surface area contributed by atoms with E-state index in [0.717, 1.165) is 73.8 Å². The molecule has 10 heteroatoms. The number of rotatable bonds is 13. The molecule has 0 spiro atoms. The maximum atomic E-state index is 12.0. The first-order chi connectivity index (χ1) is 25.1. The number of aryl methyl sites for hydroxylation is 1. The van der Waals surface area contributed by atoms with Gasteiger partial charge in [-0.2, -0.15) is 0 Å². The summed E-state index contributed by atoms with van der Waals surface area (Å²) in [5.74, 6) is 0.874. The summed E-state index contributed by atoms with van der Waals surface area (Å²) in [7, 11) is 7.08. The molecule has 0 aliphatic carbocycles. The minimum absolute atomic E-state index is 0.0347. The summed E-state index contributed by atoms with van der Waals surface area (Å²) in [6.07, 6.45) is 10.1. The van der Waals surface area contributed by atoms with Crippen LogP contribution < -0.4 is 10.6 Å². The van der Waals surface area contributed by atoms with Gasteiger partial charge in [-0.1, -0.05) is 30.3 Å². The lowest BCUT2D eigenvalue weighted by Crippen LogP contribution is -2.32. The molecule has 0 aliphatic heterocycles. The molecule has 2 amide bonds. The SMILES string of the molecule is Cc1c(Cc2nccc3cc(CNCC(=O)N(C)C)cnc23)cccc1-c1cccc(Nc2nccc3cc(CCCC(=O)N(C)C)cnc23)c1C. The molecule has 266 valence electrons. The number of amides is 2. The van der Waals surface area contributed by atoms with Crippen molar-refractivity contribution >= 4 is 45.1 Å². The highest BCUT2D eigenvalue weighted by Gasteiger charge is 2.15. The third-order valence-electron chi connectivity index (χ3n) is 9.53. The van der Waals surface area contributed by atoms with Crippen LogP contribution in [0.1, 0.15) is 46.4 Å². The van der Waals surface area contributed by atoms with Gasteiger partial charge in [-0.05, 0) is 96.0 Å². The van der Waals surface area contributed by atoms with Crippen LogP contribution in [0.15, 0.2) is 85.5 Å². The van der Waals surface area contributed by atoms with E-state index in [1.807, 2.05) is 30.7 Å². The fourth-order valence-electron chi connectivity index (χ4n) is 6.40. The van der Waals surface area contributed by atoms with Gasteiger partial charge in [0, 0.05) is 88.8 Å². The molecule has 4 heterocycles. The maximum Gasteiger partial charge on any atom is 0.236 e. The van der Waals surface area contributed by atoms with Crippen LogP contribution in [0.5, 0.6) is 0 Å². The molecule has 0 unspecified atom stereocenters. The molecule has 6 aromatic rings. The zero-order valence-electron chi connectivity index (χ0n) is 30.8. The highest BCUT2D eigenvalue weighted by Crippen LogP contribution is 2.35. The third kappa shape index (κ3) is 8.24. The Morgan fingerprint density at radius 3 is 2.13 bits per heavy atom. The number of aromatic nitrogens is 4. The van der Waals surface area contributed by atoms with E-state index in [2.05, 4.69) is 78.0 Å². The van der Waals surface area contributed by atoms with Gasteiger partial charge in [-0.25, -0.2) is 4.98 Å². The topological polar surface area (TPSA) is 116 Å². The lowest BCUT2D eigenvalue weighted by molar-refractivity contribution is -0.129. The van der Waals surface area contributed by atoms with Gasteiger partial charge in [0.25, 0.3) is 0 Å². The molecule has 0 saturated carbocycles. The molecule has 10 nitrogen and oxygen atoms in total. The molecule has 6 rings (SSSR count). The van der Waals surface area contributed by atoms with E-state index in [4.69, 9.17) is 15.0 Å². The van der Waals surface area contributed by atoms with E-state index in [0.29, 0.717) is 25.2 Å². The fraction of sp³-hybridized carbons (Fsp3) is 0.286. The van der Waals surface area contributed by atoms with Gasteiger partial charge < -0.3 is 20.4 Å². The molecular weight excluding hydrogens is 649 g/mol. The predicted octanol–water partition coefficient (Wildman–Crippen LogP) is 6.78. The Hall–Kier alpha value is -5.74. The van der Waals surface area contributed by atoms with Gasteiger partial charge in [0.2, 0.25) is 11.8 Å². The van der Waals surface area contributed by atoms with Gasteiger partial charge in [0.1, 0.15) is 5.52 Å². The van der Waals surface area contributed by atoms with Crippen LogP contribution in [-0.4, -0.2) is 76.3 Å². The molecule has 0 fully saturated rings. The van der Waals surface area contributed by atoms with Crippen LogP contribution in [-0.2, 0) is 29.0 Å². The molecule has 0 saturated heterocycles. The van der Waals surface area contributed by atoms with Crippen molar-refractivity contribution in [3.05, 3.63) is 119 Å². The quantitative estimate of drug-likeness (QED) is 0.136. The Balaban J connectivity index is 1.20. The first-order valence-corrected chi connectivity index (χ1v) is 17.6. The molecule has 0 atom stereocenters.